The fourth-order valence-corrected chi connectivity index (χ4v) is 4.35. The quantitative estimate of drug-likeness (QED) is 0.703. The predicted molar refractivity (Wildman–Crippen MR) is 116 cm³/mol. The molecule has 0 aliphatic heterocycles. The van der Waals surface area contributed by atoms with Gasteiger partial charge in [0.15, 0.2) is 0 Å². The monoisotopic (exact) mass is 388 g/mol. The third-order valence-corrected chi connectivity index (χ3v) is 5.82. The summed E-state index contributed by atoms with van der Waals surface area (Å²) in [6.07, 6.45) is 3.38. The van der Waals surface area contributed by atoms with E-state index in [-0.39, 0.29) is 5.91 Å². The topological polar surface area (TPSA) is 50.2 Å². The number of carbonyl (C=O) groups excluding carboxylic acids is 1. The second-order valence-corrected chi connectivity index (χ2v) is 7.86. The van der Waals surface area contributed by atoms with E-state index in [4.69, 9.17) is 0 Å². The molecule has 0 saturated carbocycles. The van der Waals surface area contributed by atoms with Crippen LogP contribution in [0.2, 0.25) is 0 Å². The van der Waals surface area contributed by atoms with E-state index in [0.29, 0.717) is 12.6 Å². The predicted octanol–water partition coefficient (Wildman–Crippen LogP) is 4.44. The summed E-state index contributed by atoms with van der Waals surface area (Å²) in [7, 11) is 2.04. The first kappa shape index (κ1) is 19.4. The highest BCUT2D eigenvalue weighted by Crippen LogP contribution is 2.33. The summed E-state index contributed by atoms with van der Waals surface area (Å²) in [6, 6.07) is 18.9. The van der Waals surface area contributed by atoms with Crippen LogP contribution in [0.4, 0.5) is 5.69 Å². The number of benzene rings is 2. The molecule has 29 heavy (non-hydrogen) atoms. The number of nitrogens with zero attached hydrogens (tertiary/aromatic N) is 3. The minimum atomic E-state index is -0.00522. The van der Waals surface area contributed by atoms with Crippen LogP contribution in [0.3, 0.4) is 0 Å². The standard InChI is InChI=1S/C24H28N4O/c1-17-24(18(2)28(26-17)20-12-5-4-6-13-20)25-23(29)16-27(3)22-15-9-11-19-10-7-8-14-21(19)22/h4-8,10,12-14,22H,9,11,15-16H2,1-3H3,(H,25,29)/t22-/m1/s1. The van der Waals surface area contributed by atoms with Crippen LogP contribution in [0, 0.1) is 13.8 Å². The first-order valence-electron chi connectivity index (χ1n) is 10.2. The van der Waals surface area contributed by atoms with Gasteiger partial charge in [0.1, 0.15) is 0 Å². The molecule has 150 valence electrons. The van der Waals surface area contributed by atoms with E-state index < -0.39 is 0 Å². The summed E-state index contributed by atoms with van der Waals surface area (Å²) >= 11 is 0. The van der Waals surface area contributed by atoms with E-state index in [0.717, 1.165) is 42.0 Å². The van der Waals surface area contributed by atoms with E-state index in [1.54, 1.807) is 0 Å². The fourth-order valence-electron chi connectivity index (χ4n) is 4.35. The minimum Gasteiger partial charge on any atom is -0.322 e. The van der Waals surface area contributed by atoms with Crippen LogP contribution >= 0.6 is 0 Å². The average Bonchev–Trinajstić information content (AvgIpc) is 3.02. The van der Waals surface area contributed by atoms with Crippen molar-refractivity contribution in [1.82, 2.24) is 14.7 Å². The van der Waals surface area contributed by atoms with Gasteiger partial charge in [0.2, 0.25) is 5.91 Å². The van der Waals surface area contributed by atoms with Gasteiger partial charge in [-0.3, -0.25) is 9.69 Å². The lowest BCUT2D eigenvalue weighted by Crippen LogP contribution is -2.35. The Hall–Kier alpha value is -2.92. The normalized spacial score (nSPS) is 15.9. The molecule has 0 unspecified atom stereocenters. The van der Waals surface area contributed by atoms with E-state index >= 15 is 0 Å². The average molecular weight is 389 g/mol. The molecular formula is C24H28N4O. The van der Waals surface area contributed by atoms with Gasteiger partial charge in [0, 0.05) is 6.04 Å². The molecule has 0 fully saturated rings. The third-order valence-electron chi connectivity index (χ3n) is 5.82. The van der Waals surface area contributed by atoms with Gasteiger partial charge < -0.3 is 5.32 Å². The summed E-state index contributed by atoms with van der Waals surface area (Å²) < 4.78 is 1.88. The van der Waals surface area contributed by atoms with E-state index in [9.17, 15) is 4.79 Å². The Bertz CT molecular complexity index is 1010. The molecule has 5 heteroatoms. The van der Waals surface area contributed by atoms with Crippen LogP contribution in [0.1, 0.15) is 41.4 Å². The molecule has 5 nitrogen and oxygen atoms in total. The minimum absolute atomic E-state index is 0.00522. The zero-order chi connectivity index (χ0) is 20.4. The summed E-state index contributed by atoms with van der Waals surface area (Å²) in [6.45, 7) is 4.28. The van der Waals surface area contributed by atoms with E-state index in [1.165, 1.54) is 11.1 Å². The van der Waals surface area contributed by atoms with Crippen molar-refractivity contribution in [2.75, 3.05) is 18.9 Å². The number of amides is 1. The summed E-state index contributed by atoms with van der Waals surface area (Å²) in [4.78, 5) is 15.0. The Balaban J connectivity index is 1.48. The van der Waals surface area contributed by atoms with Crippen LogP contribution in [0.25, 0.3) is 5.69 Å². The number of anilines is 1. The summed E-state index contributed by atoms with van der Waals surface area (Å²) in [5.74, 6) is -0.00522. The Morgan fingerprint density at radius 3 is 2.66 bits per heavy atom. The van der Waals surface area contributed by atoms with Crippen molar-refractivity contribution in [3.63, 3.8) is 0 Å². The van der Waals surface area contributed by atoms with Crippen LogP contribution in [-0.2, 0) is 11.2 Å². The van der Waals surface area contributed by atoms with Crippen molar-refractivity contribution in [1.29, 1.82) is 0 Å². The van der Waals surface area contributed by atoms with Crippen molar-refractivity contribution in [3.05, 3.63) is 77.1 Å². The maximum atomic E-state index is 12.8. The van der Waals surface area contributed by atoms with Crippen LogP contribution in [-0.4, -0.2) is 34.2 Å². The molecule has 4 rings (SSSR count). The molecule has 1 heterocycles. The second kappa shape index (κ2) is 8.21. The first-order chi connectivity index (χ1) is 14.0. The molecule has 1 atom stereocenters. The maximum Gasteiger partial charge on any atom is 0.238 e. The number of para-hydroxylation sites is 1. The van der Waals surface area contributed by atoms with Gasteiger partial charge in [-0.15, -0.1) is 0 Å². The molecule has 1 aliphatic rings. The van der Waals surface area contributed by atoms with Crippen molar-refractivity contribution in [3.8, 4) is 5.69 Å². The Kier molecular flexibility index (Phi) is 5.49. The first-order valence-corrected chi connectivity index (χ1v) is 10.2. The van der Waals surface area contributed by atoms with Crippen molar-refractivity contribution in [2.45, 2.75) is 39.2 Å². The largest absolute Gasteiger partial charge is 0.322 e. The lowest BCUT2D eigenvalue weighted by Gasteiger charge is -2.32. The zero-order valence-electron chi connectivity index (χ0n) is 17.4. The van der Waals surface area contributed by atoms with Crippen LogP contribution in [0.15, 0.2) is 54.6 Å². The van der Waals surface area contributed by atoms with Crippen LogP contribution in [0.5, 0.6) is 0 Å². The molecular weight excluding hydrogens is 360 g/mol. The number of nitrogens with one attached hydrogen (secondary N) is 1. The number of aromatic nitrogens is 2. The number of likely N-dealkylation sites (N-methyl/N-ethyl adjacent to an activating group) is 1. The van der Waals surface area contributed by atoms with Gasteiger partial charge in [0.05, 0.1) is 29.3 Å². The Morgan fingerprint density at radius 2 is 1.86 bits per heavy atom. The lowest BCUT2D eigenvalue weighted by molar-refractivity contribution is -0.117. The van der Waals surface area contributed by atoms with Crippen LogP contribution < -0.4 is 5.32 Å². The summed E-state index contributed by atoms with van der Waals surface area (Å²) in [5, 5.41) is 7.72. The molecule has 0 radical (unpaired) electrons. The lowest BCUT2D eigenvalue weighted by atomic mass is 9.87. The van der Waals surface area contributed by atoms with Crippen molar-refractivity contribution >= 4 is 11.6 Å². The highest BCUT2D eigenvalue weighted by atomic mass is 16.2. The highest BCUT2D eigenvalue weighted by molar-refractivity contribution is 5.93. The number of aryl methyl sites for hydroxylation is 2. The van der Waals surface area contributed by atoms with Crippen molar-refractivity contribution < 1.29 is 4.79 Å². The fraction of sp³-hybridized carbons (Fsp3) is 0.333. The molecule has 0 bridgehead atoms. The molecule has 1 N–H and O–H groups in total. The van der Waals surface area contributed by atoms with Gasteiger partial charge in [-0.05, 0) is 63.4 Å². The second-order valence-electron chi connectivity index (χ2n) is 7.86. The van der Waals surface area contributed by atoms with Crippen molar-refractivity contribution in [2.24, 2.45) is 0 Å². The molecule has 1 aromatic heterocycles. The molecule has 2 aromatic carbocycles. The summed E-state index contributed by atoms with van der Waals surface area (Å²) in [5.41, 5.74) is 6.32. The smallest absolute Gasteiger partial charge is 0.238 e. The maximum absolute atomic E-state index is 12.8. The SMILES string of the molecule is Cc1nn(-c2ccccc2)c(C)c1NC(=O)CN(C)[C@@H]1CCCc2ccccc21. The van der Waals surface area contributed by atoms with E-state index in [2.05, 4.69) is 39.6 Å². The van der Waals surface area contributed by atoms with E-state index in [1.807, 2.05) is 55.9 Å². The highest BCUT2D eigenvalue weighted by Gasteiger charge is 2.25. The van der Waals surface area contributed by atoms with Gasteiger partial charge in [-0.25, -0.2) is 4.68 Å². The van der Waals surface area contributed by atoms with Gasteiger partial charge in [0.25, 0.3) is 0 Å². The Labute approximate surface area is 172 Å². The number of hydrogen-bond acceptors (Lipinski definition) is 3. The molecule has 1 amide bonds. The van der Waals surface area contributed by atoms with Gasteiger partial charge in [-0.1, -0.05) is 42.5 Å². The number of hydrogen-bond donors (Lipinski definition) is 1. The molecule has 1 aliphatic carbocycles. The molecule has 0 saturated heterocycles. The van der Waals surface area contributed by atoms with Gasteiger partial charge in [-0.2, -0.15) is 5.10 Å². The third kappa shape index (κ3) is 3.96. The number of carbonyl (C=O) groups is 1. The number of rotatable bonds is 5. The molecule has 0 spiro atoms. The zero-order valence-corrected chi connectivity index (χ0v) is 17.4. The number of fused-ring (bicyclic) bond motifs is 1. The Morgan fingerprint density at radius 1 is 1.14 bits per heavy atom. The van der Waals surface area contributed by atoms with Gasteiger partial charge >= 0.3 is 0 Å². The molecule has 3 aromatic rings.